The van der Waals surface area contributed by atoms with Crippen LogP contribution in [0.15, 0.2) is 24.3 Å². The van der Waals surface area contributed by atoms with Gasteiger partial charge in [0.25, 0.3) is 0 Å². The fourth-order valence-electron chi connectivity index (χ4n) is 3.42. The van der Waals surface area contributed by atoms with Crippen LogP contribution in [-0.4, -0.2) is 53.8 Å². The molecule has 1 aromatic rings. The van der Waals surface area contributed by atoms with Gasteiger partial charge in [-0.2, -0.15) is 0 Å². The highest BCUT2D eigenvalue weighted by molar-refractivity contribution is 6.31. The van der Waals surface area contributed by atoms with E-state index in [2.05, 4.69) is 9.80 Å². The summed E-state index contributed by atoms with van der Waals surface area (Å²) in [6.07, 6.45) is 2.57. The van der Waals surface area contributed by atoms with E-state index >= 15 is 0 Å². The van der Waals surface area contributed by atoms with Crippen molar-refractivity contribution in [2.75, 3.05) is 26.2 Å². The van der Waals surface area contributed by atoms with Gasteiger partial charge in [-0.25, -0.2) is 0 Å². The molecule has 0 N–H and O–H groups in total. The molecule has 0 radical (unpaired) electrons. The minimum Gasteiger partial charge on any atom is -0.298 e. The Balaban J connectivity index is 1.69. The minimum atomic E-state index is -0.0591. The smallest absolute Gasteiger partial charge is 0.179 e. The van der Waals surface area contributed by atoms with E-state index in [-0.39, 0.29) is 11.8 Å². The van der Waals surface area contributed by atoms with Gasteiger partial charge >= 0.3 is 0 Å². The number of hydrogen-bond acceptors (Lipinski definition) is 3. The zero-order valence-electron chi connectivity index (χ0n) is 11.9. The standard InChI is InChI=1S/C16H21ClN2O/c1-12(16(20)13-4-2-5-14(17)10-13)19-9-8-18-7-3-6-15(18)11-19/h2,4-5,10,12,15H,3,6-9,11H2,1H3. The van der Waals surface area contributed by atoms with Crippen molar-refractivity contribution < 1.29 is 4.79 Å². The predicted octanol–water partition coefficient (Wildman–Crippen LogP) is 2.69. The molecule has 2 heterocycles. The predicted molar refractivity (Wildman–Crippen MR) is 81.4 cm³/mol. The Morgan fingerprint density at radius 2 is 2.20 bits per heavy atom. The van der Waals surface area contributed by atoms with E-state index < -0.39 is 0 Å². The zero-order chi connectivity index (χ0) is 14.1. The summed E-state index contributed by atoms with van der Waals surface area (Å²) in [5.74, 6) is 0.180. The van der Waals surface area contributed by atoms with Crippen molar-refractivity contribution in [3.05, 3.63) is 34.9 Å². The maximum atomic E-state index is 12.6. The van der Waals surface area contributed by atoms with E-state index in [4.69, 9.17) is 11.6 Å². The van der Waals surface area contributed by atoms with E-state index in [1.54, 1.807) is 12.1 Å². The highest BCUT2D eigenvalue weighted by Crippen LogP contribution is 2.23. The molecule has 3 nitrogen and oxygen atoms in total. The van der Waals surface area contributed by atoms with Crippen LogP contribution in [-0.2, 0) is 0 Å². The van der Waals surface area contributed by atoms with Crippen LogP contribution in [0.5, 0.6) is 0 Å². The lowest BCUT2D eigenvalue weighted by Crippen LogP contribution is -2.54. The van der Waals surface area contributed by atoms with Gasteiger partial charge in [-0.05, 0) is 38.4 Å². The first-order valence-corrected chi connectivity index (χ1v) is 7.81. The van der Waals surface area contributed by atoms with E-state index in [1.807, 2.05) is 19.1 Å². The monoisotopic (exact) mass is 292 g/mol. The second-order valence-corrected chi connectivity index (χ2v) is 6.31. The van der Waals surface area contributed by atoms with Gasteiger partial charge in [0.15, 0.2) is 5.78 Å². The molecule has 20 heavy (non-hydrogen) atoms. The van der Waals surface area contributed by atoms with E-state index in [9.17, 15) is 4.79 Å². The summed E-state index contributed by atoms with van der Waals surface area (Å²) >= 11 is 5.98. The SMILES string of the molecule is CC(C(=O)c1cccc(Cl)c1)N1CCN2CCCC2C1. The summed E-state index contributed by atoms with van der Waals surface area (Å²) in [5.41, 5.74) is 0.721. The van der Waals surface area contributed by atoms with Gasteiger partial charge in [0.05, 0.1) is 6.04 Å². The highest BCUT2D eigenvalue weighted by atomic mass is 35.5. The molecular formula is C16H21ClN2O. The number of benzene rings is 1. The number of rotatable bonds is 3. The third-order valence-electron chi connectivity index (χ3n) is 4.66. The first-order chi connectivity index (χ1) is 9.65. The van der Waals surface area contributed by atoms with Gasteiger partial charge in [0, 0.05) is 36.3 Å². The largest absolute Gasteiger partial charge is 0.298 e. The number of piperazine rings is 1. The van der Waals surface area contributed by atoms with Crippen molar-refractivity contribution in [2.45, 2.75) is 31.8 Å². The molecule has 108 valence electrons. The average molecular weight is 293 g/mol. The Morgan fingerprint density at radius 1 is 1.35 bits per heavy atom. The van der Waals surface area contributed by atoms with E-state index in [0.717, 1.165) is 25.2 Å². The number of carbonyl (C=O) groups is 1. The Bertz CT molecular complexity index is 505. The summed E-state index contributed by atoms with van der Waals surface area (Å²) in [6.45, 7) is 6.36. The molecule has 0 bridgehead atoms. The van der Waals surface area contributed by atoms with Crippen molar-refractivity contribution in [3.8, 4) is 0 Å². The first-order valence-electron chi connectivity index (χ1n) is 7.43. The van der Waals surface area contributed by atoms with Crippen molar-refractivity contribution >= 4 is 17.4 Å². The molecule has 2 saturated heterocycles. The summed E-state index contributed by atoms with van der Waals surface area (Å²) in [4.78, 5) is 17.5. The Morgan fingerprint density at radius 3 is 3.00 bits per heavy atom. The summed E-state index contributed by atoms with van der Waals surface area (Å²) < 4.78 is 0. The highest BCUT2D eigenvalue weighted by Gasteiger charge is 2.34. The number of halogens is 1. The number of Topliss-reactive ketones (excluding diaryl/α,β-unsaturated/α-hetero) is 1. The summed E-state index contributed by atoms with van der Waals surface area (Å²) in [6, 6.07) is 7.87. The fraction of sp³-hybridized carbons (Fsp3) is 0.562. The molecule has 2 atom stereocenters. The van der Waals surface area contributed by atoms with Crippen LogP contribution in [0.3, 0.4) is 0 Å². The molecule has 3 rings (SSSR count). The van der Waals surface area contributed by atoms with Crippen LogP contribution in [0.25, 0.3) is 0 Å². The van der Waals surface area contributed by atoms with Gasteiger partial charge in [-0.3, -0.25) is 14.6 Å². The topological polar surface area (TPSA) is 23.6 Å². The fourth-order valence-corrected chi connectivity index (χ4v) is 3.61. The van der Waals surface area contributed by atoms with Gasteiger partial charge in [-0.1, -0.05) is 23.7 Å². The van der Waals surface area contributed by atoms with Crippen LogP contribution in [0.4, 0.5) is 0 Å². The molecule has 2 aliphatic heterocycles. The van der Waals surface area contributed by atoms with Crippen LogP contribution >= 0.6 is 11.6 Å². The molecule has 0 amide bonds. The molecule has 1 aromatic carbocycles. The van der Waals surface area contributed by atoms with E-state index in [0.29, 0.717) is 11.1 Å². The van der Waals surface area contributed by atoms with Crippen LogP contribution in [0.2, 0.25) is 5.02 Å². The van der Waals surface area contributed by atoms with Gasteiger partial charge in [-0.15, -0.1) is 0 Å². The van der Waals surface area contributed by atoms with Gasteiger partial charge in [0.1, 0.15) is 0 Å². The molecule has 2 unspecified atom stereocenters. The van der Waals surface area contributed by atoms with Crippen molar-refractivity contribution in [1.29, 1.82) is 0 Å². The summed E-state index contributed by atoms with van der Waals surface area (Å²) in [7, 11) is 0. The normalized spacial score (nSPS) is 25.4. The maximum absolute atomic E-state index is 12.6. The number of carbonyl (C=O) groups excluding carboxylic acids is 1. The zero-order valence-corrected chi connectivity index (χ0v) is 12.6. The summed E-state index contributed by atoms with van der Waals surface area (Å²) in [5, 5.41) is 0.628. The molecule has 2 aliphatic rings. The van der Waals surface area contributed by atoms with Crippen LogP contribution in [0.1, 0.15) is 30.1 Å². The molecule has 0 aromatic heterocycles. The van der Waals surface area contributed by atoms with E-state index in [1.165, 1.54) is 19.4 Å². The minimum absolute atomic E-state index is 0.0591. The van der Waals surface area contributed by atoms with Crippen molar-refractivity contribution in [1.82, 2.24) is 9.80 Å². The lowest BCUT2D eigenvalue weighted by atomic mass is 10.0. The molecule has 4 heteroatoms. The third-order valence-corrected chi connectivity index (χ3v) is 4.89. The number of hydrogen-bond donors (Lipinski definition) is 0. The Hall–Kier alpha value is -0.900. The quantitative estimate of drug-likeness (QED) is 0.800. The number of fused-ring (bicyclic) bond motifs is 1. The van der Waals surface area contributed by atoms with Crippen molar-refractivity contribution in [2.24, 2.45) is 0 Å². The maximum Gasteiger partial charge on any atom is 0.179 e. The average Bonchev–Trinajstić information content (AvgIpc) is 2.93. The van der Waals surface area contributed by atoms with Crippen molar-refractivity contribution in [3.63, 3.8) is 0 Å². The lowest BCUT2D eigenvalue weighted by molar-refractivity contribution is 0.0602. The molecule has 2 fully saturated rings. The van der Waals surface area contributed by atoms with Gasteiger partial charge < -0.3 is 0 Å². The molecule has 0 aliphatic carbocycles. The third kappa shape index (κ3) is 2.76. The second kappa shape index (κ2) is 5.84. The molecule has 0 saturated carbocycles. The second-order valence-electron chi connectivity index (χ2n) is 5.88. The lowest BCUT2D eigenvalue weighted by Gasteiger charge is -2.40. The van der Waals surface area contributed by atoms with Crippen LogP contribution < -0.4 is 0 Å². The molecule has 0 spiro atoms. The first kappa shape index (κ1) is 14.1. The van der Waals surface area contributed by atoms with Gasteiger partial charge in [0.2, 0.25) is 0 Å². The Kier molecular flexibility index (Phi) is 4.11. The Labute approximate surface area is 125 Å². The number of ketones is 1. The molecular weight excluding hydrogens is 272 g/mol. The van der Waals surface area contributed by atoms with Crippen LogP contribution in [0, 0.1) is 0 Å². The number of nitrogens with zero attached hydrogens (tertiary/aromatic N) is 2.